The zero-order valence-electron chi connectivity index (χ0n) is 21.7. The molecule has 0 N–H and O–H groups in total. The second-order valence-corrected chi connectivity index (χ2v) is 10.9. The molecule has 39 heavy (non-hydrogen) atoms. The standard InChI is InChI=1S/C31H31ClFN5O/c32-29-11-6-22(18-34-29)20-36-15-12-24(13-16-36)30-28(19-35-38(30)27-9-7-26(33)8-10-27)31(39)37-17-14-25(21-37)23-4-2-1-3-5-23/h1-11,18-19,24-25H,12-17,20-21H2/t25-/m0/s1. The zero-order valence-corrected chi connectivity index (χ0v) is 22.5. The number of carbonyl (C=O) groups excluding carboxylic acids is 1. The van der Waals surface area contributed by atoms with Crippen LogP contribution in [0.5, 0.6) is 0 Å². The Morgan fingerprint density at radius 3 is 2.36 bits per heavy atom. The molecule has 2 aliphatic rings. The van der Waals surface area contributed by atoms with Gasteiger partial charge in [-0.2, -0.15) is 5.10 Å². The maximum Gasteiger partial charge on any atom is 0.257 e. The second-order valence-electron chi connectivity index (χ2n) is 10.5. The van der Waals surface area contributed by atoms with E-state index in [1.807, 2.05) is 34.0 Å². The Morgan fingerprint density at radius 2 is 1.64 bits per heavy atom. The summed E-state index contributed by atoms with van der Waals surface area (Å²) in [6.45, 7) is 4.05. The van der Waals surface area contributed by atoms with Crippen molar-refractivity contribution in [2.75, 3.05) is 26.2 Å². The number of nitrogens with zero attached hydrogens (tertiary/aromatic N) is 5. The highest BCUT2D eigenvalue weighted by atomic mass is 35.5. The highest BCUT2D eigenvalue weighted by Crippen LogP contribution is 2.35. The molecule has 0 unspecified atom stereocenters. The molecule has 2 aromatic heterocycles. The molecule has 4 heterocycles. The molecule has 2 aliphatic heterocycles. The lowest BCUT2D eigenvalue weighted by atomic mass is 9.90. The van der Waals surface area contributed by atoms with E-state index in [0.29, 0.717) is 23.2 Å². The van der Waals surface area contributed by atoms with Gasteiger partial charge in [-0.1, -0.05) is 48.0 Å². The van der Waals surface area contributed by atoms with Crippen LogP contribution in [-0.4, -0.2) is 56.7 Å². The molecular formula is C31H31ClFN5O. The molecule has 1 amide bonds. The van der Waals surface area contributed by atoms with Crippen LogP contribution in [0.3, 0.4) is 0 Å². The monoisotopic (exact) mass is 543 g/mol. The summed E-state index contributed by atoms with van der Waals surface area (Å²) in [5.74, 6) is 0.254. The molecule has 0 aliphatic carbocycles. The Bertz CT molecular complexity index is 1420. The molecule has 0 spiro atoms. The number of amides is 1. The normalized spacial score (nSPS) is 18.5. The number of likely N-dealkylation sites (tertiary alicyclic amines) is 2. The average Bonchev–Trinajstić information content (AvgIpc) is 3.64. The van der Waals surface area contributed by atoms with Crippen molar-refractivity contribution in [3.8, 4) is 5.69 Å². The molecule has 1 atom stereocenters. The number of benzene rings is 2. The minimum Gasteiger partial charge on any atom is -0.338 e. The maximum atomic E-state index is 13.9. The van der Waals surface area contributed by atoms with E-state index in [1.54, 1.807) is 18.3 Å². The van der Waals surface area contributed by atoms with Crippen LogP contribution >= 0.6 is 11.6 Å². The highest BCUT2D eigenvalue weighted by molar-refractivity contribution is 6.29. The lowest BCUT2D eigenvalue weighted by Gasteiger charge is -2.33. The number of carbonyl (C=O) groups is 1. The quantitative estimate of drug-likeness (QED) is 0.277. The Hall–Kier alpha value is -3.55. The largest absolute Gasteiger partial charge is 0.338 e. The van der Waals surface area contributed by atoms with Crippen molar-refractivity contribution in [1.82, 2.24) is 24.6 Å². The summed E-state index contributed by atoms with van der Waals surface area (Å²) < 4.78 is 15.6. The van der Waals surface area contributed by atoms with Crippen molar-refractivity contribution in [2.45, 2.75) is 37.6 Å². The van der Waals surface area contributed by atoms with E-state index < -0.39 is 0 Å². The molecule has 6 rings (SSSR count). The Kier molecular flexibility index (Phi) is 7.44. The first-order valence-corrected chi connectivity index (χ1v) is 13.9. The van der Waals surface area contributed by atoms with Crippen LogP contribution in [0, 0.1) is 5.82 Å². The van der Waals surface area contributed by atoms with E-state index in [9.17, 15) is 9.18 Å². The van der Waals surface area contributed by atoms with Crippen LogP contribution < -0.4 is 0 Å². The fraction of sp³-hybridized carbons (Fsp3) is 0.323. The third-order valence-corrected chi connectivity index (χ3v) is 8.25. The van der Waals surface area contributed by atoms with Crippen molar-refractivity contribution in [2.24, 2.45) is 0 Å². The van der Waals surface area contributed by atoms with E-state index >= 15 is 0 Å². The van der Waals surface area contributed by atoms with Gasteiger partial charge in [0.2, 0.25) is 0 Å². The van der Waals surface area contributed by atoms with E-state index in [2.05, 4.69) is 39.2 Å². The molecule has 0 saturated carbocycles. The third kappa shape index (κ3) is 5.60. The first-order valence-electron chi connectivity index (χ1n) is 13.6. The summed E-state index contributed by atoms with van der Waals surface area (Å²) in [4.78, 5) is 22.5. The van der Waals surface area contributed by atoms with Gasteiger partial charge in [0, 0.05) is 37.7 Å². The van der Waals surface area contributed by atoms with Crippen LogP contribution in [0.25, 0.3) is 5.69 Å². The lowest BCUT2D eigenvalue weighted by Crippen LogP contribution is -2.34. The molecule has 6 nitrogen and oxygen atoms in total. The molecule has 2 aromatic carbocycles. The number of aromatic nitrogens is 3. The minimum atomic E-state index is -0.294. The van der Waals surface area contributed by atoms with Crippen LogP contribution in [0.4, 0.5) is 4.39 Å². The highest BCUT2D eigenvalue weighted by Gasteiger charge is 2.34. The first-order chi connectivity index (χ1) is 19.0. The van der Waals surface area contributed by atoms with Gasteiger partial charge in [0.25, 0.3) is 5.91 Å². The summed E-state index contributed by atoms with van der Waals surface area (Å²) in [5.41, 5.74) is 4.77. The van der Waals surface area contributed by atoms with Crippen LogP contribution in [0.15, 0.2) is 79.1 Å². The predicted molar refractivity (Wildman–Crippen MR) is 150 cm³/mol. The van der Waals surface area contributed by atoms with Crippen LogP contribution in [0.1, 0.15) is 58.3 Å². The van der Waals surface area contributed by atoms with Crippen LogP contribution in [-0.2, 0) is 6.54 Å². The van der Waals surface area contributed by atoms with Crippen molar-refractivity contribution in [3.05, 3.63) is 112 Å². The molecular weight excluding hydrogens is 513 g/mol. The van der Waals surface area contributed by atoms with Gasteiger partial charge >= 0.3 is 0 Å². The smallest absolute Gasteiger partial charge is 0.257 e. The van der Waals surface area contributed by atoms with Gasteiger partial charge in [0.1, 0.15) is 11.0 Å². The summed E-state index contributed by atoms with van der Waals surface area (Å²) >= 11 is 5.95. The molecule has 0 bridgehead atoms. The fourth-order valence-corrected chi connectivity index (χ4v) is 6.05. The van der Waals surface area contributed by atoms with Gasteiger partial charge in [0.05, 0.1) is 23.1 Å². The van der Waals surface area contributed by atoms with E-state index in [1.165, 1.54) is 17.7 Å². The van der Waals surface area contributed by atoms with E-state index in [-0.39, 0.29) is 17.6 Å². The van der Waals surface area contributed by atoms with Gasteiger partial charge in [-0.3, -0.25) is 9.69 Å². The Morgan fingerprint density at radius 1 is 0.897 bits per heavy atom. The SMILES string of the molecule is O=C(c1cnn(-c2ccc(F)cc2)c1C1CCN(Cc2ccc(Cl)nc2)CC1)N1CC[C@H](c2ccccc2)C1. The number of hydrogen-bond donors (Lipinski definition) is 0. The average molecular weight is 544 g/mol. The predicted octanol–water partition coefficient (Wildman–Crippen LogP) is 6.07. The van der Waals surface area contributed by atoms with E-state index in [4.69, 9.17) is 11.6 Å². The molecule has 2 saturated heterocycles. The summed E-state index contributed by atoms with van der Waals surface area (Å²) in [5, 5.41) is 5.17. The lowest BCUT2D eigenvalue weighted by molar-refractivity contribution is 0.0788. The Balaban J connectivity index is 1.23. The number of halogens is 2. The first kappa shape index (κ1) is 25.7. The summed E-state index contributed by atoms with van der Waals surface area (Å²) in [6, 6.07) is 20.6. The van der Waals surface area contributed by atoms with Gasteiger partial charge in [-0.05, 0) is 73.8 Å². The number of hydrogen-bond acceptors (Lipinski definition) is 4. The van der Waals surface area contributed by atoms with Crippen molar-refractivity contribution >= 4 is 17.5 Å². The molecule has 8 heteroatoms. The van der Waals surface area contributed by atoms with Gasteiger partial charge in [-0.25, -0.2) is 14.1 Å². The molecule has 2 fully saturated rings. The number of piperidine rings is 1. The van der Waals surface area contributed by atoms with Gasteiger partial charge < -0.3 is 4.90 Å². The van der Waals surface area contributed by atoms with Crippen molar-refractivity contribution in [1.29, 1.82) is 0 Å². The Labute approximate surface area is 233 Å². The second kappa shape index (κ2) is 11.3. The minimum absolute atomic E-state index is 0.0338. The topological polar surface area (TPSA) is 54.3 Å². The van der Waals surface area contributed by atoms with E-state index in [0.717, 1.165) is 62.4 Å². The molecule has 0 radical (unpaired) electrons. The summed E-state index contributed by atoms with van der Waals surface area (Å²) in [7, 11) is 0. The van der Waals surface area contributed by atoms with Gasteiger partial charge in [0.15, 0.2) is 0 Å². The van der Waals surface area contributed by atoms with Crippen LogP contribution in [0.2, 0.25) is 5.15 Å². The number of pyridine rings is 1. The molecule has 200 valence electrons. The number of rotatable bonds is 6. The maximum absolute atomic E-state index is 13.9. The molecule has 4 aromatic rings. The van der Waals surface area contributed by atoms with Crippen molar-refractivity contribution in [3.63, 3.8) is 0 Å². The summed E-state index contributed by atoms with van der Waals surface area (Å²) in [6.07, 6.45) is 6.30. The van der Waals surface area contributed by atoms with Crippen molar-refractivity contribution < 1.29 is 9.18 Å². The van der Waals surface area contributed by atoms with Gasteiger partial charge in [-0.15, -0.1) is 0 Å². The third-order valence-electron chi connectivity index (χ3n) is 8.02. The zero-order chi connectivity index (χ0) is 26.8. The fourth-order valence-electron chi connectivity index (χ4n) is 5.94.